The van der Waals surface area contributed by atoms with Crippen LogP contribution in [-0.4, -0.2) is 7.05 Å². The first kappa shape index (κ1) is 12.5. The van der Waals surface area contributed by atoms with Crippen molar-refractivity contribution < 1.29 is 0 Å². The lowest BCUT2D eigenvalue weighted by Gasteiger charge is -2.14. The van der Waals surface area contributed by atoms with Gasteiger partial charge in [0.2, 0.25) is 0 Å². The fourth-order valence-corrected chi connectivity index (χ4v) is 3.01. The zero-order chi connectivity index (χ0) is 10.4. The van der Waals surface area contributed by atoms with E-state index in [1.54, 1.807) is 0 Å². The van der Waals surface area contributed by atoms with E-state index in [4.69, 9.17) is 0 Å². The van der Waals surface area contributed by atoms with Gasteiger partial charge in [-0.15, -0.1) is 11.3 Å². The van der Waals surface area contributed by atoms with E-state index in [1.165, 1.54) is 34.1 Å². The molecule has 0 aliphatic heterocycles. The second-order valence-corrected chi connectivity index (χ2v) is 6.33. The van der Waals surface area contributed by atoms with Crippen LogP contribution in [0.1, 0.15) is 44.2 Å². The van der Waals surface area contributed by atoms with Gasteiger partial charge in [0, 0.05) is 6.04 Å². The molecule has 0 aliphatic rings. The molecule has 1 aromatic heterocycles. The van der Waals surface area contributed by atoms with Gasteiger partial charge in [-0.1, -0.05) is 26.2 Å². The van der Waals surface area contributed by atoms with Crippen LogP contribution in [0.2, 0.25) is 0 Å². The van der Waals surface area contributed by atoms with Gasteiger partial charge in [0.15, 0.2) is 0 Å². The lowest BCUT2D eigenvalue weighted by atomic mass is 10.0. The molecule has 1 aromatic rings. The SMILES string of the molecule is CCCCCC(NC)c1csc(I)c1. The van der Waals surface area contributed by atoms with E-state index >= 15 is 0 Å². The van der Waals surface area contributed by atoms with Gasteiger partial charge in [0.25, 0.3) is 0 Å². The molecule has 0 aromatic carbocycles. The zero-order valence-corrected chi connectivity index (χ0v) is 11.8. The zero-order valence-electron chi connectivity index (χ0n) is 8.85. The van der Waals surface area contributed by atoms with E-state index < -0.39 is 0 Å². The maximum atomic E-state index is 3.39. The van der Waals surface area contributed by atoms with Crippen molar-refractivity contribution in [2.75, 3.05) is 7.05 Å². The number of nitrogens with one attached hydrogen (secondary N) is 1. The first-order valence-electron chi connectivity index (χ1n) is 5.19. The molecule has 0 spiro atoms. The van der Waals surface area contributed by atoms with E-state index in [9.17, 15) is 0 Å². The lowest BCUT2D eigenvalue weighted by molar-refractivity contribution is 0.513. The van der Waals surface area contributed by atoms with Crippen LogP contribution in [-0.2, 0) is 0 Å². The van der Waals surface area contributed by atoms with Gasteiger partial charge in [-0.25, -0.2) is 0 Å². The molecule has 0 radical (unpaired) electrons. The minimum Gasteiger partial charge on any atom is -0.313 e. The van der Waals surface area contributed by atoms with Crippen molar-refractivity contribution in [3.05, 3.63) is 19.9 Å². The Morgan fingerprint density at radius 3 is 2.79 bits per heavy atom. The van der Waals surface area contributed by atoms with Crippen molar-refractivity contribution in [2.45, 2.75) is 38.6 Å². The summed E-state index contributed by atoms with van der Waals surface area (Å²) in [7, 11) is 2.06. The van der Waals surface area contributed by atoms with E-state index in [0.29, 0.717) is 6.04 Å². The molecule has 0 amide bonds. The third-order valence-corrected chi connectivity index (χ3v) is 4.24. The fraction of sp³-hybridized carbons (Fsp3) is 0.636. The highest BCUT2D eigenvalue weighted by molar-refractivity contribution is 14.1. The van der Waals surface area contributed by atoms with E-state index in [-0.39, 0.29) is 0 Å². The summed E-state index contributed by atoms with van der Waals surface area (Å²) in [6, 6.07) is 2.85. The van der Waals surface area contributed by atoms with Gasteiger partial charge in [-0.05, 0) is 53.1 Å². The molecule has 0 saturated heterocycles. The summed E-state index contributed by atoms with van der Waals surface area (Å²) in [6.07, 6.45) is 5.24. The van der Waals surface area contributed by atoms with Crippen LogP contribution in [0.5, 0.6) is 0 Å². The van der Waals surface area contributed by atoms with Crippen LogP contribution in [0.3, 0.4) is 0 Å². The average molecular weight is 323 g/mol. The van der Waals surface area contributed by atoms with Gasteiger partial charge in [0.05, 0.1) is 2.88 Å². The molecule has 80 valence electrons. The second-order valence-electron chi connectivity index (χ2n) is 3.52. The van der Waals surface area contributed by atoms with Crippen molar-refractivity contribution in [3.63, 3.8) is 0 Å². The Kier molecular flexibility index (Phi) is 6.05. The van der Waals surface area contributed by atoms with Gasteiger partial charge >= 0.3 is 0 Å². The minimum atomic E-state index is 0.557. The van der Waals surface area contributed by atoms with Gasteiger partial charge in [0.1, 0.15) is 0 Å². The van der Waals surface area contributed by atoms with Crippen LogP contribution in [0.15, 0.2) is 11.4 Å². The third-order valence-electron chi connectivity index (χ3n) is 2.43. The number of unbranched alkanes of at least 4 members (excludes halogenated alkanes) is 2. The summed E-state index contributed by atoms with van der Waals surface area (Å²) in [5, 5.41) is 5.67. The molecular weight excluding hydrogens is 305 g/mol. The summed E-state index contributed by atoms with van der Waals surface area (Å²) in [6.45, 7) is 2.25. The Bertz CT molecular complexity index is 260. The highest BCUT2D eigenvalue weighted by Crippen LogP contribution is 2.25. The molecule has 0 fully saturated rings. The standard InChI is InChI=1S/C11H18INS/c1-3-4-5-6-10(13-2)9-7-11(12)14-8-9/h7-8,10,13H,3-6H2,1-2H3. The molecule has 1 nitrogen and oxygen atoms in total. The highest BCUT2D eigenvalue weighted by atomic mass is 127. The number of hydrogen-bond acceptors (Lipinski definition) is 2. The van der Waals surface area contributed by atoms with Crippen LogP contribution < -0.4 is 5.32 Å². The summed E-state index contributed by atoms with van der Waals surface area (Å²) >= 11 is 4.22. The Hall–Kier alpha value is 0.390. The molecule has 1 N–H and O–H groups in total. The summed E-state index contributed by atoms with van der Waals surface area (Å²) in [4.78, 5) is 0. The first-order chi connectivity index (χ1) is 6.77. The molecule has 1 unspecified atom stereocenters. The van der Waals surface area contributed by atoms with Crippen molar-refractivity contribution in [1.82, 2.24) is 5.32 Å². The van der Waals surface area contributed by atoms with Crippen LogP contribution in [0.25, 0.3) is 0 Å². The van der Waals surface area contributed by atoms with Crippen LogP contribution in [0.4, 0.5) is 0 Å². The molecule has 1 rings (SSSR count). The Labute approximate surface area is 104 Å². The van der Waals surface area contributed by atoms with Gasteiger partial charge in [-0.2, -0.15) is 0 Å². The molecular formula is C11H18INS. The quantitative estimate of drug-likeness (QED) is 0.611. The smallest absolute Gasteiger partial charge is 0.0656 e. The van der Waals surface area contributed by atoms with Crippen LogP contribution >= 0.6 is 33.9 Å². The molecule has 1 atom stereocenters. The molecule has 1 heterocycles. The maximum absolute atomic E-state index is 3.39. The molecule has 3 heteroatoms. The predicted octanol–water partition coefficient (Wildman–Crippen LogP) is 4.19. The molecule has 0 saturated carbocycles. The number of rotatable bonds is 6. The minimum absolute atomic E-state index is 0.557. The first-order valence-corrected chi connectivity index (χ1v) is 7.15. The third kappa shape index (κ3) is 3.87. The van der Waals surface area contributed by atoms with E-state index in [0.717, 1.165) is 0 Å². The highest BCUT2D eigenvalue weighted by Gasteiger charge is 2.09. The predicted molar refractivity (Wildman–Crippen MR) is 73.0 cm³/mol. The molecule has 14 heavy (non-hydrogen) atoms. The van der Waals surface area contributed by atoms with E-state index in [1.807, 2.05) is 11.3 Å². The monoisotopic (exact) mass is 323 g/mol. The van der Waals surface area contributed by atoms with Crippen LogP contribution in [0, 0.1) is 2.88 Å². The maximum Gasteiger partial charge on any atom is 0.0656 e. The summed E-state index contributed by atoms with van der Waals surface area (Å²) in [5.74, 6) is 0. The summed E-state index contributed by atoms with van der Waals surface area (Å²) < 4.78 is 1.38. The summed E-state index contributed by atoms with van der Waals surface area (Å²) in [5.41, 5.74) is 1.46. The molecule has 0 aliphatic carbocycles. The Morgan fingerprint density at radius 1 is 1.50 bits per heavy atom. The van der Waals surface area contributed by atoms with Crippen molar-refractivity contribution in [2.24, 2.45) is 0 Å². The average Bonchev–Trinajstić information content (AvgIpc) is 2.60. The van der Waals surface area contributed by atoms with E-state index in [2.05, 4.69) is 53.3 Å². The number of hydrogen-bond donors (Lipinski definition) is 1. The number of halogens is 1. The Balaban J connectivity index is 2.45. The van der Waals surface area contributed by atoms with Gasteiger partial charge in [-0.3, -0.25) is 0 Å². The second kappa shape index (κ2) is 6.80. The Morgan fingerprint density at radius 2 is 2.29 bits per heavy atom. The largest absolute Gasteiger partial charge is 0.313 e. The lowest BCUT2D eigenvalue weighted by Crippen LogP contribution is -2.15. The van der Waals surface area contributed by atoms with Crippen molar-refractivity contribution in [3.8, 4) is 0 Å². The topological polar surface area (TPSA) is 12.0 Å². The molecule has 0 bridgehead atoms. The normalized spacial score (nSPS) is 13.1. The number of thiophene rings is 1. The fourth-order valence-electron chi connectivity index (χ4n) is 1.58. The van der Waals surface area contributed by atoms with Gasteiger partial charge < -0.3 is 5.32 Å². The van der Waals surface area contributed by atoms with Crippen molar-refractivity contribution in [1.29, 1.82) is 0 Å². The van der Waals surface area contributed by atoms with Crippen molar-refractivity contribution >= 4 is 33.9 Å².